The maximum absolute atomic E-state index is 12.6. The molecule has 0 spiro atoms. The van der Waals surface area contributed by atoms with E-state index in [1.165, 1.54) is 17.0 Å². The van der Waals surface area contributed by atoms with Crippen LogP contribution in [0.5, 0.6) is 0 Å². The van der Waals surface area contributed by atoms with Crippen molar-refractivity contribution in [3.63, 3.8) is 0 Å². The van der Waals surface area contributed by atoms with Gasteiger partial charge in [-0.15, -0.1) is 11.3 Å². The maximum Gasteiger partial charge on any atom is 0.257 e. The predicted octanol–water partition coefficient (Wildman–Crippen LogP) is 3.68. The van der Waals surface area contributed by atoms with Crippen LogP contribution in [0.4, 0.5) is 10.8 Å². The van der Waals surface area contributed by atoms with Crippen molar-refractivity contribution in [2.24, 2.45) is 0 Å². The van der Waals surface area contributed by atoms with E-state index in [0.29, 0.717) is 23.5 Å². The summed E-state index contributed by atoms with van der Waals surface area (Å²) in [5.74, 6) is -0.0190. The molecule has 30 heavy (non-hydrogen) atoms. The fraction of sp³-hybridized carbons (Fsp3) is 0.261. The number of benzene rings is 2. The first-order valence-electron chi connectivity index (χ1n) is 10.1. The van der Waals surface area contributed by atoms with Crippen molar-refractivity contribution in [2.75, 3.05) is 36.4 Å². The fourth-order valence-electron chi connectivity index (χ4n) is 3.48. The lowest BCUT2D eigenvalue weighted by Crippen LogP contribution is -2.48. The SMILES string of the molecule is O=C(Nc1nc(CCC(=O)N2CCN(c3ccccc3)CC2)cs1)c1ccccc1. The number of amides is 2. The Bertz CT molecular complexity index is 983. The lowest BCUT2D eigenvalue weighted by atomic mass is 10.2. The molecule has 0 bridgehead atoms. The number of rotatable bonds is 6. The third-order valence-corrected chi connectivity index (χ3v) is 5.96. The van der Waals surface area contributed by atoms with E-state index in [0.717, 1.165) is 31.9 Å². The van der Waals surface area contributed by atoms with Crippen LogP contribution in [0.3, 0.4) is 0 Å². The van der Waals surface area contributed by atoms with Gasteiger partial charge in [0.05, 0.1) is 5.69 Å². The Morgan fingerprint density at radius 3 is 2.30 bits per heavy atom. The average molecular weight is 421 g/mol. The number of aromatic nitrogens is 1. The predicted molar refractivity (Wildman–Crippen MR) is 120 cm³/mol. The molecule has 1 fully saturated rings. The summed E-state index contributed by atoms with van der Waals surface area (Å²) in [6.07, 6.45) is 1.01. The summed E-state index contributed by atoms with van der Waals surface area (Å²) in [6.45, 7) is 3.18. The van der Waals surface area contributed by atoms with Crippen LogP contribution in [-0.4, -0.2) is 47.9 Å². The van der Waals surface area contributed by atoms with E-state index >= 15 is 0 Å². The molecule has 0 saturated carbocycles. The van der Waals surface area contributed by atoms with E-state index in [1.54, 1.807) is 12.1 Å². The molecule has 0 atom stereocenters. The van der Waals surface area contributed by atoms with Gasteiger partial charge in [-0.25, -0.2) is 4.98 Å². The summed E-state index contributed by atoms with van der Waals surface area (Å²) < 4.78 is 0. The molecule has 0 unspecified atom stereocenters. The number of hydrogen-bond acceptors (Lipinski definition) is 5. The quantitative estimate of drug-likeness (QED) is 0.661. The molecule has 4 rings (SSSR count). The number of hydrogen-bond donors (Lipinski definition) is 1. The van der Waals surface area contributed by atoms with Gasteiger partial charge in [-0.3, -0.25) is 14.9 Å². The van der Waals surface area contributed by atoms with Crippen LogP contribution >= 0.6 is 11.3 Å². The number of carbonyl (C=O) groups excluding carboxylic acids is 2. The van der Waals surface area contributed by atoms with E-state index in [1.807, 2.05) is 46.7 Å². The van der Waals surface area contributed by atoms with Crippen LogP contribution < -0.4 is 10.2 Å². The molecule has 1 aliphatic rings. The summed E-state index contributed by atoms with van der Waals surface area (Å²) in [4.78, 5) is 33.5. The number of para-hydroxylation sites is 1. The number of aryl methyl sites for hydroxylation is 1. The van der Waals surface area contributed by atoms with Gasteiger partial charge >= 0.3 is 0 Å². The molecule has 3 aromatic rings. The second-order valence-corrected chi connectivity index (χ2v) is 8.03. The zero-order valence-electron chi connectivity index (χ0n) is 16.7. The molecule has 1 N–H and O–H groups in total. The molecule has 7 heteroatoms. The summed E-state index contributed by atoms with van der Waals surface area (Å²) in [5, 5.41) is 5.28. The van der Waals surface area contributed by atoms with E-state index in [9.17, 15) is 9.59 Å². The van der Waals surface area contributed by atoms with Gasteiger partial charge in [-0.05, 0) is 30.7 Å². The highest BCUT2D eigenvalue weighted by atomic mass is 32.1. The van der Waals surface area contributed by atoms with Crippen molar-refractivity contribution < 1.29 is 9.59 Å². The number of anilines is 2. The van der Waals surface area contributed by atoms with E-state index in [2.05, 4.69) is 27.3 Å². The second-order valence-electron chi connectivity index (χ2n) is 7.17. The molecule has 2 heterocycles. The minimum atomic E-state index is -0.177. The number of nitrogens with one attached hydrogen (secondary N) is 1. The molecule has 2 aromatic carbocycles. The summed E-state index contributed by atoms with van der Waals surface area (Å²) in [7, 11) is 0. The second kappa shape index (κ2) is 9.54. The summed E-state index contributed by atoms with van der Waals surface area (Å²) in [5.41, 5.74) is 2.64. The monoisotopic (exact) mass is 420 g/mol. The number of nitrogens with zero attached hydrogens (tertiary/aromatic N) is 3. The Morgan fingerprint density at radius 2 is 1.60 bits per heavy atom. The third-order valence-electron chi connectivity index (χ3n) is 5.16. The van der Waals surface area contributed by atoms with Crippen LogP contribution in [0, 0.1) is 0 Å². The molecule has 1 aromatic heterocycles. The number of piperazine rings is 1. The summed E-state index contributed by atoms with van der Waals surface area (Å²) >= 11 is 1.38. The first-order chi connectivity index (χ1) is 14.7. The van der Waals surface area contributed by atoms with Crippen LogP contribution in [0.25, 0.3) is 0 Å². The van der Waals surface area contributed by atoms with Crippen molar-refractivity contribution in [3.8, 4) is 0 Å². The minimum absolute atomic E-state index is 0.158. The number of carbonyl (C=O) groups is 2. The van der Waals surface area contributed by atoms with Gasteiger partial charge in [0.25, 0.3) is 5.91 Å². The number of thiazole rings is 1. The lowest BCUT2D eigenvalue weighted by Gasteiger charge is -2.36. The first-order valence-corrected chi connectivity index (χ1v) is 11.0. The molecule has 2 amide bonds. The largest absolute Gasteiger partial charge is 0.368 e. The van der Waals surface area contributed by atoms with Crippen LogP contribution in [0.1, 0.15) is 22.5 Å². The van der Waals surface area contributed by atoms with Gasteiger partial charge in [-0.2, -0.15) is 0 Å². The molecule has 1 aliphatic heterocycles. The highest BCUT2D eigenvalue weighted by Gasteiger charge is 2.21. The standard InChI is InChI=1S/C23H24N4O2S/c28-21(27-15-13-26(14-16-27)20-9-5-2-6-10-20)12-11-19-17-30-23(24-19)25-22(29)18-7-3-1-4-8-18/h1-10,17H,11-16H2,(H,24,25,29). The van der Waals surface area contributed by atoms with Crippen molar-refractivity contribution in [2.45, 2.75) is 12.8 Å². The van der Waals surface area contributed by atoms with Gasteiger partial charge in [0.15, 0.2) is 5.13 Å². The Morgan fingerprint density at radius 1 is 0.933 bits per heavy atom. The Kier molecular flexibility index (Phi) is 6.39. The van der Waals surface area contributed by atoms with Crippen LogP contribution in [-0.2, 0) is 11.2 Å². The van der Waals surface area contributed by atoms with Gasteiger partial charge in [0, 0.05) is 49.2 Å². The Balaban J connectivity index is 1.23. The van der Waals surface area contributed by atoms with Gasteiger partial charge in [-0.1, -0.05) is 36.4 Å². The third kappa shape index (κ3) is 5.04. The highest BCUT2D eigenvalue weighted by molar-refractivity contribution is 7.14. The van der Waals surface area contributed by atoms with Gasteiger partial charge < -0.3 is 9.80 Å². The van der Waals surface area contributed by atoms with Crippen LogP contribution in [0.2, 0.25) is 0 Å². The van der Waals surface area contributed by atoms with Crippen molar-refractivity contribution >= 4 is 34.0 Å². The van der Waals surface area contributed by atoms with E-state index in [4.69, 9.17) is 0 Å². The smallest absolute Gasteiger partial charge is 0.257 e. The lowest BCUT2D eigenvalue weighted by molar-refractivity contribution is -0.131. The normalized spacial score (nSPS) is 13.9. The fourth-order valence-corrected chi connectivity index (χ4v) is 4.22. The van der Waals surface area contributed by atoms with Gasteiger partial charge in [0.1, 0.15) is 0 Å². The van der Waals surface area contributed by atoms with Crippen molar-refractivity contribution in [1.29, 1.82) is 0 Å². The highest BCUT2D eigenvalue weighted by Crippen LogP contribution is 2.19. The molecule has 6 nitrogen and oxygen atoms in total. The Labute approximate surface area is 180 Å². The molecule has 1 saturated heterocycles. The maximum atomic E-state index is 12.6. The molecule has 0 radical (unpaired) electrons. The topological polar surface area (TPSA) is 65.5 Å². The van der Waals surface area contributed by atoms with Crippen LogP contribution in [0.15, 0.2) is 66.0 Å². The van der Waals surface area contributed by atoms with Crippen molar-refractivity contribution in [1.82, 2.24) is 9.88 Å². The van der Waals surface area contributed by atoms with Crippen molar-refractivity contribution in [3.05, 3.63) is 77.3 Å². The van der Waals surface area contributed by atoms with Gasteiger partial charge in [0.2, 0.25) is 5.91 Å². The van der Waals surface area contributed by atoms with E-state index in [-0.39, 0.29) is 11.8 Å². The zero-order valence-corrected chi connectivity index (χ0v) is 17.5. The molecule has 0 aliphatic carbocycles. The van der Waals surface area contributed by atoms with E-state index < -0.39 is 0 Å². The average Bonchev–Trinajstić information content (AvgIpc) is 3.26. The first kappa shape index (κ1) is 20.1. The molecule has 154 valence electrons. The molecular weight excluding hydrogens is 396 g/mol. The Hall–Kier alpha value is -3.19. The zero-order chi connectivity index (χ0) is 20.8. The molecular formula is C23H24N4O2S. The summed E-state index contributed by atoms with van der Waals surface area (Å²) in [6, 6.07) is 19.4. The minimum Gasteiger partial charge on any atom is -0.368 e.